The number of benzene rings is 2. The Morgan fingerprint density at radius 3 is 2.42 bits per heavy atom. The van der Waals surface area contributed by atoms with Crippen LogP contribution in [0.5, 0.6) is 17.2 Å². The molecule has 162 valence electrons. The number of aryl methyl sites for hydroxylation is 1. The summed E-state index contributed by atoms with van der Waals surface area (Å²) in [7, 11) is 0. The maximum absolute atomic E-state index is 12.1. The average molecular weight is 424 g/mol. The van der Waals surface area contributed by atoms with Crippen molar-refractivity contribution in [2.45, 2.75) is 26.4 Å². The number of nitrogens with one attached hydrogen (secondary N) is 2. The molecule has 3 aromatic rings. The van der Waals surface area contributed by atoms with Crippen LogP contribution in [0.3, 0.4) is 0 Å². The lowest BCUT2D eigenvalue weighted by Gasteiger charge is -2.30. The zero-order chi connectivity index (χ0) is 21.4. The largest absolute Gasteiger partial charge is 0.508 e. The molecule has 0 amide bonds. The van der Waals surface area contributed by atoms with Crippen LogP contribution >= 0.6 is 0 Å². The van der Waals surface area contributed by atoms with Crippen LogP contribution in [0.4, 0.5) is 0 Å². The number of ether oxygens (including phenoxy) is 2. The average Bonchev–Trinajstić information content (AvgIpc) is 3.22. The fourth-order valence-corrected chi connectivity index (χ4v) is 4.66. The molecule has 0 aliphatic carbocycles. The summed E-state index contributed by atoms with van der Waals surface area (Å²) < 4.78 is 16.2. The highest BCUT2D eigenvalue weighted by molar-refractivity contribution is 5.82. The predicted octanol–water partition coefficient (Wildman–Crippen LogP) is 0.273. The minimum Gasteiger partial charge on any atom is -0.508 e. The van der Waals surface area contributed by atoms with E-state index in [1.807, 2.05) is 19.1 Å². The van der Waals surface area contributed by atoms with Crippen molar-refractivity contribution in [1.29, 1.82) is 0 Å². The maximum Gasteiger partial charge on any atom is 0.336 e. The van der Waals surface area contributed by atoms with Gasteiger partial charge in [-0.15, -0.1) is 0 Å². The standard InChI is InChI=1S/C24H26N2O5/c1-2-17-10-19-18(11-24(28)31-22(19)12-20(17)27)14-26-7-5-25(6-8-26)13-16-3-4-21-23(9-16)30-15-29-21/h3-4,9-12,27H,2,5-8,13-15H2,1H3/p+2. The summed E-state index contributed by atoms with van der Waals surface area (Å²) in [5.74, 6) is 1.85. The van der Waals surface area contributed by atoms with Crippen LogP contribution in [-0.4, -0.2) is 38.1 Å². The minimum atomic E-state index is -0.363. The quantitative estimate of drug-likeness (QED) is 0.513. The Balaban J connectivity index is 1.26. The van der Waals surface area contributed by atoms with Gasteiger partial charge in [-0.1, -0.05) is 6.92 Å². The van der Waals surface area contributed by atoms with Crippen LogP contribution in [0.2, 0.25) is 0 Å². The second kappa shape index (κ2) is 8.24. The van der Waals surface area contributed by atoms with Crippen LogP contribution in [0.25, 0.3) is 11.0 Å². The Morgan fingerprint density at radius 1 is 0.903 bits per heavy atom. The van der Waals surface area contributed by atoms with E-state index in [0.29, 0.717) is 12.4 Å². The van der Waals surface area contributed by atoms with Gasteiger partial charge in [-0.05, 0) is 36.2 Å². The summed E-state index contributed by atoms with van der Waals surface area (Å²) in [6.07, 6.45) is 0.731. The van der Waals surface area contributed by atoms with Crippen molar-refractivity contribution in [3.8, 4) is 17.2 Å². The first-order valence-electron chi connectivity index (χ1n) is 10.9. The highest BCUT2D eigenvalue weighted by Gasteiger charge is 2.25. The molecule has 3 heterocycles. The Kier molecular flexibility index (Phi) is 5.29. The monoisotopic (exact) mass is 424 g/mol. The lowest BCUT2D eigenvalue weighted by Crippen LogP contribution is -3.27. The van der Waals surface area contributed by atoms with Gasteiger partial charge in [-0.3, -0.25) is 0 Å². The molecule has 2 aliphatic heterocycles. The van der Waals surface area contributed by atoms with Gasteiger partial charge in [0.2, 0.25) is 6.79 Å². The van der Waals surface area contributed by atoms with Gasteiger partial charge >= 0.3 is 5.63 Å². The molecule has 0 atom stereocenters. The van der Waals surface area contributed by atoms with Crippen LogP contribution in [0.1, 0.15) is 23.6 Å². The van der Waals surface area contributed by atoms with E-state index in [9.17, 15) is 9.90 Å². The summed E-state index contributed by atoms with van der Waals surface area (Å²) >= 11 is 0. The highest BCUT2D eigenvalue weighted by Crippen LogP contribution is 2.32. The van der Waals surface area contributed by atoms with E-state index < -0.39 is 0 Å². The molecule has 1 aromatic heterocycles. The number of rotatable bonds is 5. The molecule has 5 rings (SSSR count). The number of phenolic OH excluding ortho intramolecular Hbond substituents is 1. The molecule has 7 nitrogen and oxygen atoms in total. The molecule has 1 fully saturated rings. The third-order valence-corrected chi connectivity index (χ3v) is 6.41. The molecule has 2 aromatic carbocycles. The smallest absolute Gasteiger partial charge is 0.336 e. The van der Waals surface area contributed by atoms with Crippen molar-refractivity contribution in [2.75, 3.05) is 33.0 Å². The summed E-state index contributed by atoms with van der Waals surface area (Å²) in [6, 6.07) is 11.3. The molecule has 31 heavy (non-hydrogen) atoms. The van der Waals surface area contributed by atoms with Gasteiger partial charge in [-0.2, -0.15) is 0 Å². The highest BCUT2D eigenvalue weighted by atomic mass is 16.7. The number of hydrogen-bond donors (Lipinski definition) is 3. The number of piperazine rings is 1. The zero-order valence-electron chi connectivity index (χ0n) is 17.7. The summed E-state index contributed by atoms with van der Waals surface area (Å²) in [5.41, 5.74) is 3.23. The summed E-state index contributed by atoms with van der Waals surface area (Å²) in [4.78, 5) is 15.1. The first-order chi connectivity index (χ1) is 15.1. The lowest BCUT2D eigenvalue weighted by molar-refractivity contribution is -1.02. The topological polar surface area (TPSA) is 77.8 Å². The molecule has 0 unspecified atom stereocenters. The second-order valence-electron chi connectivity index (χ2n) is 8.46. The van der Waals surface area contributed by atoms with E-state index in [4.69, 9.17) is 13.9 Å². The Labute approximate surface area is 180 Å². The fourth-order valence-electron chi connectivity index (χ4n) is 4.66. The van der Waals surface area contributed by atoms with Crippen LogP contribution in [0.15, 0.2) is 45.6 Å². The zero-order valence-corrected chi connectivity index (χ0v) is 17.7. The van der Waals surface area contributed by atoms with Crippen molar-refractivity contribution >= 4 is 11.0 Å². The van der Waals surface area contributed by atoms with Crippen LogP contribution < -0.4 is 24.9 Å². The number of fused-ring (bicyclic) bond motifs is 2. The third-order valence-electron chi connectivity index (χ3n) is 6.41. The van der Waals surface area contributed by atoms with Gasteiger partial charge in [0, 0.05) is 28.6 Å². The van der Waals surface area contributed by atoms with Crippen molar-refractivity contribution in [3.05, 3.63) is 63.5 Å². The molecule has 3 N–H and O–H groups in total. The molecule has 0 spiro atoms. The fraction of sp³-hybridized carbons (Fsp3) is 0.375. The first kappa shape index (κ1) is 19.9. The SMILES string of the molecule is CCc1cc2c(C[NH+]3CC[NH+](Cc4ccc5c(c4)OCO5)CC3)cc(=O)oc2cc1O. The predicted molar refractivity (Wildman–Crippen MR) is 115 cm³/mol. The van der Waals surface area contributed by atoms with Crippen LogP contribution in [0, 0.1) is 0 Å². The first-order valence-corrected chi connectivity index (χ1v) is 10.9. The van der Waals surface area contributed by atoms with E-state index in [-0.39, 0.29) is 11.4 Å². The molecule has 0 bridgehead atoms. The Bertz CT molecular complexity index is 1160. The molecule has 0 saturated carbocycles. The Hall–Kier alpha value is -3.03. The number of hydrogen-bond acceptors (Lipinski definition) is 5. The van der Waals surface area contributed by atoms with Crippen molar-refractivity contribution in [3.63, 3.8) is 0 Å². The lowest BCUT2D eigenvalue weighted by atomic mass is 10.0. The van der Waals surface area contributed by atoms with E-state index >= 15 is 0 Å². The Morgan fingerprint density at radius 2 is 1.65 bits per heavy atom. The normalized spacial score (nSPS) is 20.3. The molecular weight excluding hydrogens is 396 g/mol. The molecule has 1 saturated heterocycles. The summed E-state index contributed by atoms with van der Waals surface area (Å²) in [5, 5.41) is 11.1. The minimum absolute atomic E-state index is 0.184. The van der Waals surface area contributed by atoms with E-state index in [1.165, 1.54) is 10.5 Å². The number of aromatic hydroxyl groups is 1. The molecule has 2 aliphatic rings. The van der Waals surface area contributed by atoms with Gasteiger partial charge in [0.1, 0.15) is 50.6 Å². The van der Waals surface area contributed by atoms with Gasteiger partial charge in [0.15, 0.2) is 11.5 Å². The molecule has 7 heteroatoms. The summed E-state index contributed by atoms with van der Waals surface area (Å²) in [6.45, 7) is 8.30. The number of phenols is 1. The van der Waals surface area contributed by atoms with Crippen molar-refractivity contribution in [1.82, 2.24) is 0 Å². The maximum atomic E-state index is 12.1. The number of quaternary nitrogens is 2. The van der Waals surface area contributed by atoms with Gasteiger partial charge in [0.05, 0.1) is 0 Å². The van der Waals surface area contributed by atoms with Gasteiger partial charge in [0.25, 0.3) is 0 Å². The van der Waals surface area contributed by atoms with Crippen molar-refractivity contribution in [2.24, 2.45) is 0 Å². The molecule has 0 radical (unpaired) electrons. The third kappa shape index (κ3) is 4.11. The molecular formula is C24H28N2O5+2. The second-order valence-corrected chi connectivity index (χ2v) is 8.46. The van der Waals surface area contributed by atoms with Gasteiger partial charge < -0.3 is 28.8 Å². The van der Waals surface area contributed by atoms with E-state index in [2.05, 4.69) is 12.1 Å². The van der Waals surface area contributed by atoms with Crippen LogP contribution in [-0.2, 0) is 19.5 Å². The van der Waals surface area contributed by atoms with E-state index in [0.717, 1.165) is 73.7 Å². The van der Waals surface area contributed by atoms with Gasteiger partial charge in [-0.25, -0.2) is 4.79 Å². The van der Waals surface area contributed by atoms with Crippen molar-refractivity contribution < 1.29 is 28.8 Å². The van der Waals surface area contributed by atoms with E-state index in [1.54, 1.807) is 17.0 Å².